The van der Waals surface area contributed by atoms with Gasteiger partial charge in [0, 0.05) is 6.20 Å². The Morgan fingerprint density at radius 1 is 1.50 bits per heavy atom. The summed E-state index contributed by atoms with van der Waals surface area (Å²) >= 11 is 0. The van der Waals surface area contributed by atoms with Crippen molar-refractivity contribution in [2.24, 2.45) is 0 Å². The second-order valence-corrected chi connectivity index (χ2v) is 3.64. The zero-order chi connectivity index (χ0) is 13.1. The van der Waals surface area contributed by atoms with Crippen LogP contribution < -0.4 is 5.32 Å². The lowest BCUT2D eigenvalue weighted by Crippen LogP contribution is -2.29. The van der Waals surface area contributed by atoms with Crippen LogP contribution in [0.5, 0.6) is 0 Å². The fourth-order valence-electron chi connectivity index (χ4n) is 1.52. The van der Waals surface area contributed by atoms with E-state index in [0.717, 1.165) is 0 Å². The molecule has 2 N–H and O–H groups in total. The highest BCUT2D eigenvalue weighted by molar-refractivity contribution is 5.98. The van der Waals surface area contributed by atoms with Crippen LogP contribution in [-0.4, -0.2) is 33.7 Å². The van der Waals surface area contributed by atoms with Crippen LogP contribution in [0, 0.1) is 0 Å². The van der Waals surface area contributed by atoms with Crippen LogP contribution in [0.3, 0.4) is 0 Å². The number of fused-ring (bicyclic) bond motifs is 1. The number of hydrogen-bond acceptors (Lipinski definition) is 5. The lowest BCUT2D eigenvalue weighted by molar-refractivity contribution is -0.135. The molecule has 0 unspecified atom stereocenters. The maximum absolute atomic E-state index is 11.6. The first-order valence-electron chi connectivity index (χ1n) is 5.36. The third-order valence-electron chi connectivity index (χ3n) is 2.40. The number of carbonyl (C=O) groups is 2. The van der Waals surface area contributed by atoms with E-state index in [4.69, 9.17) is 9.63 Å². The Bertz CT molecular complexity index is 605. The molecule has 2 rings (SSSR count). The van der Waals surface area contributed by atoms with E-state index < -0.39 is 18.4 Å². The van der Waals surface area contributed by atoms with E-state index in [9.17, 15) is 9.59 Å². The normalized spacial score (nSPS) is 10.5. The molecule has 0 aliphatic rings. The molecule has 0 aliphatic heterocycles. The molecule has 2 aromatic rings. The van der Waals surface area contributed by atoms with Gasteiger partial charge in [-0.1, -0.05) is 12.1 Å². The monoisotopic (exact) mass is 249 g/mol. The molecule has 0 spiro atoms. The van der Waals surface area contributed by atoms with Crippen LogP contribution in [0.25, 0.3) is 11.1 Å². The smallest absolute Gasteiger partial charge is 0.322 e. The number of rotatable bonds is 4. The summed E-state index contributed by atoms with van der Waals surface area (Å²) in [5.41, 5.74) is 1.36. The predicted octanol–water partition coefficient (Wildman–Crippen LogP) is 0.600. The van der Waals surface area contributed by atoms with E-state index in [0.29, 0.717) is 23.2 Å². The number of aliphatic carboxylic acids is 1. The standard InChI is InChI=1S/C11H11N3O4/c1-2-8-7-3-6(4-13-11(7)18-14-8)10(17)12-5-9(15)16/h3-4H,2,5H2,1H3,(H,12,17)(H,15,16). The Kier molecular flexibility index (Phi) is 3.22. The van der Waals surface area contributed by atoms with Gasteiger partial charge in [0.1, 0.15) is 6.54 Å². The highest BCUT2D eigenvalue weighted by atomic mass is 16.5. The van der Waals surface area contributed by atoms with Gasteiger partial charge in [0.2, 0.25) is 0 Å². The highest BCUT2D eigenvalue weighted by Gasteiger charge is 2.13. The number of aromatic nitrogens is 2. The van der Waals surface area contributed by atoms with Crippen LogP contribution in [0.4, 0.5) is 0 Å². The van der Waals surface area contributed by atoms with E-state index in [1.54, 1.807) is 6.07 Å². The third-order valence-corrected chi connectivity index (χ3v) is 2.40. The van der Waals surface area contributed by atoms with Gasteiger partial charge in [0.05, 0.1) is 16.6 Å². The van der Waals surface area contributed by atoms with Crippen molar-refractivity contribution in [3.63, 3.8) is 0 Å². The minimum absolute atomic E-state index is 0.279. The molecular formula is C11H11N3O4. The number of hydrogen-bond donors (Lipinski definition) is 2. The lowest BCUT2D eigenvalue weighted by atomic mass is 10.1. The van der Waals surface area contributed by atoms with Crippen molar-refractivity contribution in [3.05, 3.63) is 23.5 Å². The maximum atomic E-state index is 11.6. The average Bonchev–Trinajstić information content (AvgIpc) is 2.77. The third kappa shape index (κ3) is 2.29. The number of nitrogens with zero attached hydrogens (tertiary/aromatic N) is 2. The van der Waals surface area contributed by atoms with Crippen LogP contribution in [0.1, 0.15) is 23.0 Å². The number of aryl methyl sites for hydroxylation is 1. The molecule has 0 bridgehead atoms. The fourth-order valence-corrected chi connectivity index (χ4v) is 1.52. The molecular weight excluding hydrogens is 238 g/mol. The molecule has 1 amide bonds. The summed E-state index contributed by atoms with van der Waals surface area (Å²) in [6.45, 7) is 1.48. The number of nitrogens with one attached hydrogen (secondary N) is 1. The zero-order valence-electron chi connectivity index (χ0n) is 9.64. The quantitative estimate of drug-likeness (QED) is 0.821. The van der Waals surface area contributed by atoms with Gasteiger partial charge in [0.15, 0.2) is 0 Å². The van der Waals surface area contributed by atoms with Gasteiger partial charge in [0.25, 0.3) is 11.6 Å². The second kappa shape index (κ2) is 4.82. The topological polar surface area (TPSA) is 105 Å². The SMILES string of the molecule is CCc1noc2ncc(C(=O)NCC(=O)O)cc12. The molecule has 2 aromatic heterocycles. The van der Waals surface area contributed by atoms with E-state index in [2.05, 4.69) is 15.5 Å². The first kappa shape index (κ1) is 12.0. The molecule has 2 heterocycles. The molecule has 94 valence electrons. The fraction of sp³-hybridized carbons (Fsp3) is 0.273. The van der Waals surface area contributed by atoms with Crippen molar-refractivity contribution >= 4 is 23.0 Å². The van der Waals surface area contributed by atoms with Crippen molar-refractivity contribution in [1.82, 2.24) is 15.5 Å². The minimum Gasteiger partial charge on any atom is -0.480 e. The molecule has 0 aromatic carbocycles. The number of carboxylic acid groups (broad SMARTS) is 1. The summed E-state index contributed by atoms with van der Waals surface area (Å²) in [6, 6.07) is 1.59. The average molecular weight is 249 g/mol. The Hall–Kier alpha value is -2.44. The summed E-state index contributed by atoms with van der Waals surface area (Å²) in [7, 11) is 0. The first-order chi connectivity index (χ1) is 8.61. The molecule has 0 saturated heterocycles. The van der Waals surface area contributed by atoms with E-state index >= 15 is 0 Å². The molecule has 7 heteroatoms. The second-order valence-electron chi connectivity index (χ2n) is 3.64. The number of carbonyl (C=O) groups excluding carboxylic acids is 1. The summed E-state index contributed by atoms with van der Waals surface area (Å²) in [5, 5.41) is 15.2. The van der Waals surface area contributed by atoms with Crippen molar-refractivity contribution in [2.45, 2.75) is 13.3 Å². The van der Waals surface area contributed by atoms with E-state index in [1.807, 2.05) is 6.92 Å². The lowest BCUT2D eigenvalue weighted by Gasteiger charge is -2.01. The minimum atomic E-state index is -1.10. The van der Waals surface area contributed by atoms with Crippen molar-refractivity contribution < 1.29 is 19.2 Å². The van der Waals surface area contributed by atoms with Crippen LogP contribution in [-0.2, 0) is 11.2 Å². The van der Waals surface area contributed by atoms with Crippen LogP contribution in [0.15, 0.2) is 16.8 Å². The van der Waals surface area contributed by atoms with E-state index in [1.165, 1.54) is 6.20 Å². The van der Waals surface area contributed by atoms with Gasteiger partial charge < -0.3 is 14.9 Å². The zero-order valence-corrected chi connectivity index (χ0v) is 9.64. The highest BCUT2D eigenvalue weighted by Crippen LogP contribution is 2.17. The van der Waals surface area contributed by atoms with Crippen LogP contribution >= 0.6 is 0 Å². The van der Waals surface area contributed by atoms with Gasteiger partial charge in [-0.3, -0.25) is 9.59 Å². The molecule has 0 atom stereocenters. The molecule has 0 saturated carbocycles. The molecule has 0 fully saturated rings. The summed E-state index contributed by atoms with van der Waals surface area (Å²) in [4.78, 5) is 26.0. The van der Waals surface area contributed by atoms with Gasteiger partial charge in [-0.2, -0.15) is 0 Å². The molecule has 0 aliphatic carbocycles. The van der Waals surface area contributed by atoms with Gasteiger partial charge in [-0.15, -0.1) is 0 Å². The number of pyridine rings is 1. The Labute approximate surface area is 102 Å². The summed E-state index contributed by atoms with van der Waals surface area (Å²) in [6.07, 6.45) is 1.99. The maximum Gasteiger partial charge on any atom is 0.322 e. The van der Waals surface area contributed by atoms with Crippen LogP contribution in [0.2, 0.25) is 0 Å². The van der Waals surface area contributed by atoms with Gasteiger partial charge >= 0.3 is 5.97 Å². The summed E-state index contributed by atoms with van der Waals surface area (Å²) < 4.78 is 4.99. The number of amides is 1. The van der Waals surface area contributed by atoms with Gasteiger partial charge in [-0.25, -0.2) is 4.98 Å². The molecule has 0 radical (unpaired) electrons. The number of carboxylic acids is 1. The molecule has 7 nitrogen and oxygen atoms in total. The Morgan fingerprint density at radius 2 is 2.28 bits per heavy atom. The Balaban J connectivity index is 2.28. The van der Waals surface area contributed by atoms with Crippen molar-refractivity contribution in [3.8, 4) is 0 Å². The predicted molar refractivity (Wildman–Crippen MR) is 61.2 cm³/mol. The van der Waals surface area contributed by atoms with Crippen molar-refractivity contribution in [2.75, 3.05) is 6.54 Å². The Morgan fingerprint density at radius 3 is 2.94 bits per heavy atom. The van der Waals surface area contributed by atoms with Gasteiger partial charge in [-0.05, 0) is 12.5 Å². The largest absolute Gasteiger partial charge is 0.480 e. The molecule has 18 heavy (non-hydrogen) atoms. The summed E-state index contributed by atoms with van der Waals surface area (Å²) in [5.74, 6) is -1.59. The van der Waals surface area contributed by atoms with E-state index in [-0.39, 0.29) is 5.56 Å². The first-order valence-corrected chi connectivity index (χ1v) is 5.36. The van der Waals surface area contributed by atoms with Crippen molar-refractivity contribution in [1.29, 1.82) is 0 Å².